The second-order valence-corrected chi connectivity index (χ2v) is 15.6. The van der Waals surface area contributed by atoms with E-state index in [1.54, 1.807) is 0 Å². The summed E-state index contributed by atoms with van der Waals surface area (Å²) in [7, 11) is -4.76. The third-order valence-corrected chi connectivity index (χ3v) is 9.85. The number of carboxylic acid groups (broad SMARTS) is 1. The van der Waals surface area contributed by atoms with Crippen molar-refractivity contribution in [3.05, 3.63) is 36.5 Å². The zero-order valence-corrected chi connectivity index (χ0v) is 34.7. The van der Waals surface area contributed by atoms with Gasteiger partial charge in [-0.25, -0.2) is 9.36 Å². The van der Waals surface area contributed by atoms with Crippen LogP contribution in [0.5, 0.6) is 0 Å². The highest BCUT2D eigenvalue weighted by Crippen LogP contribution is 2.43. The Balaban J connectivity index is 3.96. The minimum Gasteiger partial charge on any atom is -0.480 e. The molecular formula is C42H76NO10P. The number of phosphoric ester groups is 1. The van der Waals surface area contributed by atoms with E-state index in [9.17, 15) is 34.1 Å². The molecule has 0 bridgehead atoms. The molecule has 314 valence electrons. The average molecular weight is 786 g/mol. The second kappa shape index (κ2) is 37.6. The molecule has 54 heavy (non-hydrogen) atoms. The maximum atomic E-state index is 12.3. The van der Waals surface area contributed by atoms with Crippen LogP contribution in [0.4, 0.5) is 0 Å². The van der Waals surface area contributed by atoms with Crippen LogP contribution in [-0.4, -0.2) is 64.9 Å². The van der Waals surface area contributed by atoms with Gasteiger partial charge >= 0.3 is 19.8 Å². The maximum absolute atomic E-state index is 12.3. The number of phosphoric acid groups is 1. The molecular weight excluding hydrogens is 709 g/mol. The van der Waals surface area contributed by atoms with Gasteiger partial charge in [-0.2, -0.15) is 0 Å². The smallest absolute Gasteiger partial charge is 0.472 e. The molecule has 3 atom stereocenters. The molecule has 3 unspecified atom stereocenters. The Morgan fingerprint density at radius 2 is 1.02 bits per heavy atom. The van der Waals surface area contributed by atoms with Gasteiger partial charge in [0.25, 0.3) is 0 Å². The van der Waals surface area contributed by atoms with Crippen LogP contribution in [0, 0.1) is 0 Å². The number of aliphatic hydroxyl groups is 1. The van der Waals surface area contributed by atoms with E-state index in [4.69, 9.17) is 13.8 Å². The lowest BCUT2D eigenvalue weighted by molar-refractivity contribution is -0.147. The van der Waals surface area contributed by atoms with Gasteiger partial charge in [0.1, 0.15) is 12.7 Å². The molecule has 0 fully saturated rings. The number of aliphatic carboxylic acids is 1. The van der Waals surface area contributed by atoms with Crippen molar-refractivity contribution in [3.8, 4) is 0 Å². The van der Waals surface area contributed by atoms with Gasteiger partial charge in [0.15, 0.2) is 6.04 Å². The predicted octanol–water partition coefficient (Wildman–Crippen LogP) is 10.4. The predicted molar refractivity (Wildman–Crippen MR) is 217 cm³/mol. The van der Waals surface area contributed by atoms with Crippen LogP contribution in [0.1, 0.15) is 181 Å². The lowest BCUT2D eigenvalue weighted by Crippen LogP contribution is -2.43. The van der Waals surface area contributed by atoms with Gasteiger partial charge in [-0.1, -0.05) is 134 Å². The van der Waals surface area contributed by atoms with Gasteiger partial charge in [-0.15, -0.1) is 0 Å². The molecule has 0 radical (unpaired) electrons. The molecule has 0 spiro atoms. The zero-order valence-electron chi connectivity index (χ0n) is 33.8. The summed E-state index contributed by atoms with van der Waals surface area (Å²) in [6.45, 7) is 2.53. The summed E-state index contributed by atoms with van der Waals surface area (Å²) < 4.78 is 26.8. The summed E-state index contributed by atoms with van der Waals surface area (Å²) in [4.78, 5) is 45.8. The van der Waals surface area contributed by atoms with Crippen molar-refractivity contribution >= 4 is 25.7 Å². The standard InChI is InChI=1S/C42H76NO10P/c1-3-5-7-9-11-13-15-17-19-21-23-25-27-29-31-33-40(45)43-39(42(47)48)37-53-54(49,50)52-36-38(44)35-51-41(46)34-32-30-28-26-24-22-20-18-16-14-12-10-8-6-4-2/h11,13,17-20,38-39,44H,3-10,12,14-16,21-37H2,1-2H3,(H,43,45)(H,47,48)(H,49,50)/b13-11-,19-17-,20-18-. The van der Waals surface area contributed by atoms with Crippen molar-refractivity contribution in [2.24, 2.45) is 0 Å². The maximum Gasteiger partial charge on any atom is 0.472 e. The number of nitrogens with one attached hydrogen (secondary N) is 1. The third kappa shape index (κ3) is 36.7. The van der Waals surface area contributed by atoms with E-state index in [1.165, 1.54) is 57.8 Å². The van der Waals surface area contributed by atoms with Crippen LogP contribution in [0.25, 0.3) is 0 Å². The Morgan fingerprint density at radius 3 is 1.56 bits per heavy atom. The third-order valence-electron chi connectivity index (χ3n) is 8.90. The molecule has 0 aliphatic heterocycles. The van der Waals surface area contributed by atoms with Gasteiger partial charge in [0.05, 0.1) is 13.2 Å². The fraction of sp³-hybridized carbons (Fsp3) is 0.786. The fourth-order valence-electron chi connectivity index (χ4n) is 5.57. The van der Waals surface area contributed by atoms with Gasteiger partial charge < -0.3 is 25.2 Å². The highest BCUT2D eigenvalue weighted by atomic mass is 31.2. The number of amides is 1. The van der Waals surface area contributed by atoms with Crippen LogP contribution in [0.15, 0.2) is 36.5 Å². The fourth-order valence-corrected chi connectivity index (χ4v) is 6.35. The van der Waals surface area contributed by atoms with Crippen molar-refractivity contribution in [2.45, 2.75) is 193 Å². The van der Waals surface area contributed by atoms with Gasteiger partial charge in [0, 0.05) is 12.8 Å². The first-order chi connectivity index (χ1) is 26.1. The SMILES string of the molecule is CCCCC/C=C\C/C=C\CCCCCCCC(=O)NC(COP(=O)(O)OCC(O)COC(=O)CCCCCCC/C=C\CCCCCCCC)C(=O)O. The van der Waals surface area contributed by atoms with E-state index in [2.05, 4.69) is 55.6 Å². The molecule has 0 aromatic rings. The van der Waals surface area contributed by atoms with Crippen molar-refractivity contribution in [1.29, 1.82) is 0 Å². The molecule has 0 rings (SSSR count). The quantitative estimate of drug-likeness (QED) is 0.0204. The summed E-state index contributed by atoms with van der Waals surface area (Å²) in [6, 6.07) is -1.55. The summed E-state index contributed by atoms with van der Waals surface area (Å²) in [5, 5.41) is 21.8. The van der Waals surface area contributed by atoms with Crippen LogP contribution >= 0.6 is 7.82 Å². The molecule has 12 heteroatoms. The van der Waals surface area contributed by atoms with Crippen molar-refractivity contribution in [2.75, 3.05) is 19.8 Å². The lowest BCUT2D eigenvalue weighted by atomic mass is 10.1. The van der Waals surface area contributed by atoms with Gasteiger partial charge in [0.2, 0.25) is 5.91 Å². The summed E-state index contributed by atoms with van der Waals surface area (Å²) in [5.74, 6) is -2.40. The molecule has 11 nitrogen and oxygen atoms in total. The number of carbonyl (C=O) groups is 3. The summed E-state index contributed by atoms with van der Waals surface area (Å²) >= 11 is 0. The van der Waals surface area contributed by atoms with Crippen LogP contribution in [-0.2, 0) is 32.7 Å². The minimum atomic E-state index is -4.76. The number of carbonyl (C=O) groups excluding carboxylic acids is 2. The first kappa shape index (κ1) is 51.7. The molecule has 1 amide bonds. The number of hydrogen-bond acceptors (Lipinski definition) is 8. The van der Waals surface area contributed by atoms with Crippen molar-refractivity contribution in [3.63, 3.8) is 0 Å². The monoisotopic (exact) mass is 786 g/mol. The lowest BCUT2D eigenvalue weighted by Gasteiger charge is -2.18. The molecule has 4 N–H and O–H groups in total. The summed E-state index contributed by atoms with van der Waals surface area (Å²) in [5.41, 5.74) is 0. The van der Waals surface area contributed by atoms with Gasteiger partial charge in [-0.3, -0.25) is 18.6 Å². The molecule has 0 aliphatic rings. The first-order valence-corrected chi connectivity index (χ1v) is 22.5. The van der Waals surface area contributed by atoms with Crippen LogP contribution in [0.2, 0.25) is 0 Å². The Hall–Kier alpha value is -2.30. The zero-order chi connectivity index (χ0) is 40.0. The molecule has 0 heterocycles. The van der Waals surface area contributed by atoms with Gasteiger partial charge in [-0.05, 0) is 70.6 Å². The first-order valence-electron chi connectivity index (χ1n) is 21.0. The van der Waals surface area contributed by atoms with E-state index in [-0.39, 0.29) is 12.8 Å². The molecule has 0 aliphatic carbocycles. The number of ether oxygens (including phenoxy) is 1. The number of allylic oxidation sites excluding steroid dienone is 6. The number of rotatable bonds is 39. The van der Waals surface area contributed by atoms with Crippen molar-refractivity contribution < 1.29 is 47.8 Å². The van der Waals surface area contributed by atoms with E-state index in [0.717, 1.165) is 83.5 Å². The Kier molecular flexibility index (Phi) is 36.0. The largest absolute Gasteiger partial charge is 0.480 e. The Labute approximate surface area is 327 Å². The van der Waals surface area contributed by atoms with E-state index >= 15 is 0 Å². The van der Waals surface area contributed by atoms with Crippen LogP contribution in [0.3, 0.4) is 0 Å². The highest BCUT2D eigenvalue weighted by molar-refractivity contribution is 7.47. The Bertz CT molecular complexity index is 1060. The van der Waals surface area contributed by atoms with E-state index in [0.29, 0.717) is 12.8 Å². The number of esters is 1. The molecule has 0 aromatic carbocycles. The second-order valence-electron chi connectivity index (χ2n) is 14.2. The highest BCUT2D eigenvalue weighted by Gasteiger charge is 2.28. The number of unbranched alkanes of at least 4 members (excludes halogenated alkanes) is 19. The number of hydrogen-bond donors (Lipinski definition) is 4. The van der Waals surface area contributed by atoms with E-state index < -0.39 is 57.6 Å². The Morgan fingerprint density at radius 1 is 0.593 bits per heavy atom. The topological polar surface area (TPSA) is 169 Å². The average Bonchev–Trinajstić information content (AvgIpc) is 3.14. The normalized spacial score (nSPS) is 14.1. The van der Waals surface area contributed by atoms with E-state index in [1.807, 2.05) is 0 Å². The molecule has 0 saturated heterocycles. The molecule has 0 saturated carbocycles. The van der Waals surface area contributed by atoms with Crippen LogP contribution < -0.4 is 5.32 Å². The number of carboxylic acids is 1. The summed E-state index contributed by atoms with van der Waals surface area (Å²) in [6.07, 6.45) is 38.8. The number of aliphatic hydroxyl groups excluding tert-OH is 1. The minimum absolute atomic E-state index is 0.129. The molecule has 0 aromatic heterocycles. The van der Waals surface area contributed by atoms with Crippen molar-refractivity contribution in [1.82, 2.24) is 5.32 Å².